The molecule has 1 aliphatic heterocycles. The Morgan fingerprint density at radius 1 is 1.33 bits per heavy atom. The molecule has 0 amide bonds. The zero-order valence-corrected chi connectivity index (χ0v) is 11.2. The Labute approximate surface area is 109 Å². The van der Waals surface area contributed by atoms with Crippen molar-refractivity contribution in [1.29, 1.82) is 0 Å². The minimum Gasteiger partial charge on any atom is -0.399 e. The van der Waals surface area contributed by atoms with Crippen LogP contribution in [0.5, 0.6) is 0 Å². The summed E-state index contributed by atoms with van der Waals surface area (Å²) in [5, 5.41) is 3.66. The van der Waals surface area contributed by atoms with Gasteiger partial charge < -0.3 is 11.1 Å². The molecule has 0 spiro atoms. The van der Waals surface area contributed by atoms with Gasteiger partial charge in [-0.15, -0.1) is 0 Å². The van der Waals surface area contributed by atoms with Crippen LogP contribution >= 0.6 is 0 Å². The average molecular weight is 245 g/mol. The third-order valence-corrected chi connectivity index (χ3v) is 4.22. The van der Waals surface area contributed by atoms with Crippen LogP contribution in [-0.2, 0) is 6.54 Å². The van der Waals surface area contributed by atoms with Crippen molar-refractivity contribution in [3.8, 4) is 0 Å². The van der Waals surface area contributed by atoms with Gasteiger partial charge in [-0.05, 0) is 43.4 Å². The van der Waals surface area contributed by atoms with Crippen molar-refractivity contribution in [1.82, 2.24) is 10.2 Å². The predicted octanol–water partition coefficient (Wildman–Crippen LogP) is 1.90. The quantitative estimate of drug-likeness (QED) is 0.796. The summed E-state index contributed by atoms with van der Waals surface area (Å²) in [7, 11) is 0. The van der Waals surface area contributed by atoms with Crippen LogP contribution in [0.1, 0.15) is 30.4 Å². The molecule has 0 radical (unpaired) electrons. The molecular weight excluding hydrogens is 222 g/mol. The first-order chi connectivity index (χ1) is 8.72. The molecule has 1 heterocycles. The van der Waals surface area contributed by atoms with Gasteiger partial charge in [-0.25, -0.2) is 0 Å². The molecule has 3 N–H and O–H groups in total. The van der Waals surface area contributed by atoms with E-state index in [-0.39, 0.29) is 0 Å². The van der Waals surface area contributed by atoms with Gasteiger partial charge in [0.15, 0.2) is 0 Å². The summed E-state index contributed by atoms with van der Waals surface area (Å²) in [6.45, 7) is 5.50. The number of hydrogen-bond acceptors (Lipinski definition) is 3. The number of likely N-dealkylation sites (tertiary alicyclic amines) is 1. The molecular formula is C15H23N3. The highest BCUT2D eigenvalue weighted by atomic mass is 15.2. The molecule has 0 aromatic heterocycles. The predicted molar refractivity (Wildman–Crippen MR) is 75.4 cm³/mol. The first kappa shape index (κ1) is 12.0. The van der Waals surface area contributed by atoms with E-state index in [4.69, 9.17) is 5.73 Å². The highest BCUT2D eigenvalue weighted by Gasteiger charge is 2.33. The lowest BCUT2D eigenvalue weighted by atomic mass is 10.1. The van der Waals surface area contributed by atoms with Crippen molar-refractivity contribution >= 4 is 5.69 Å². The number of benzene rings is 1. The molecule has 0 bridgehead atoms. The van der Waals surface area contributed by atoms with E-state index in [0.29, 0.717) is 6.04 Å². The molecule has 1 saturated heterocycles. The Hall–Kier alpha value is -1.06. The molecule has 2 fully saturated rings. The van der Waals surface area contributed by atoms with E-state index < -0.39 is 0 Å². The van der Waals surface area contributed by atoms with Gasteiger partial charge in [-0.3, -0.25) is 4.90 Å². The fourth-order valence-electron chi connectivity index (χ4n) is 2.79. The molecule has 18 heavy (non-hydrogen) atoms. The summed E-state index contributed by atoms with van der Waals surface area (Å²) in [6.07, 6.45) is 4.13. The first-order valence-corrected chi connectivity index (χ1v) is 7.05. The van der Waals surface area contributed by atoms with Gasteiger partial charge in [-0.1, -0.05) is 12.1 Å². The lowest BCUT2D eigenvalue weighted by Gasteiger charge is -2.16. The second-order valence-electron chi connectivity index (χ2n) is 5.78. The summed E-state index contributed by atoms with van der Waals surface area (Å²) in [4.78, 5) is 2.64. The molecule has 3 nitrogen and oxygen atoms in total. The zero-order chi connectivity index (χ0) is 12.5. The van der Waals surface area contributed by atoms with Crippen LogP contribution in [0.4, 0.5) is 5.69 Å². The van der Waals surface area contributed by atoms with Gasteiger partial charge in [0, 0.05) is 37.4 Å². The number of rotatable bonds is 4. The number of aryl methyl sites for hydroxylation is 1. The number of nitrogens with one attached hydrogen (secondary N) is 1. The molecule has 1 atom stereocenters. The summed E-state index contributed by atoms with van der Waals surface area (Å²) in [6, 6.07) is 7.94. The fourth-order valence-corrected chi connectivity index (χ4v) is 2.79. The van der Waals surface area contributed by atoms with Crippen molar-refractivity contribution in [2.75, 3.05) is 18.8 Å². The third kappa shape index (κ3) is 2.68. The van der Waals surface area contributed by atoms with E-state index in [1.54, 1.807) is 0 Å². The Morgan fingerprint density at radius 2 is 2.17 bits per heavy atom. The second-order valence-corrected chi connectivity index (χ2v) is 5.78. The smallest absolute Gasteiger partial charge is 0.0346 e. The number of hydrogen-bond donors (Lipinski definition) is 2. The molecule has 1 aromatic rings. The molecule has 3 rings (SSSR count). The van der Waals surface area contributed by atoms with E-state index in [2.05, 4.69) is 35.3 Å². The normalized spacial score (nSPS) is 24.6. The van der Waals surface area contributed by atoms with Crippen molar-refractivity contribution in [2.45, 2.75) is 44.8 Å². The van der Waals surface area contributed by atoms with Crippen LogP contribution in [0.25, 0.3) is 0 Å². The summed E-state index contributed by atoms with van der Waals surface area (Å²) in [5.41, 5.74) is 9.30. The standard InChI is InChI=1S/C15H23N3/c1-11-2-3-12(8-15(11)16)9-17-13-6-7-18(10-13)14-4-5-14/h2-3,8,13-14,17H,4-7,9-10,16H2,1H3. The van der Waals surface area contributed by atoms with Crippen LogP contribution in [0, 0.1) is 6.92 Å². The van der Waals surface area contributed by atoms with Gasteiger partial charge >= 0.3 is 0 Å². The lowest BCUT2D eigenvalue weighted by molar-refractivity contribution is 0.317. The topological polar surface area (TPSA) is 41.3 Å². The van der Waals surface area contributed by atoms with Crippen LogP contribution in [0.15, 0.2) is 18.2 Å². The maximum atomic E-state index is 5.94. The van der Waals surface area contributed by atoms with E-state index in [0.717, 1.165) is 18.3 Å². The molecule has 98 valence electrons. The van der Waals surface area contributed by atoms with Crippen LogP contribution < -0.4 is 11.1 Å². The highest BCUT2D eigenvalue weighted by Crippen LogP contribution is 2.29. The van der Waals surface area contributed by atoms with Crippen LogP contribution in [-0.4, -0.2) is 30.1 Å². The minimum atomic E-state index is 0.660. The summed E-state index contributed by atoms with van der Waals surface area (Å²) < 4.78 is 0. The number of nitrogens with two attached hydrogens (primary N) is 1. The SMILES string of the molecule is Cc1ccc(CNC2CCN(C3CC3)C2)cc1N. The van der Waals surface area contributed by atoms with E-state index in [1.807, 2.05) is 0 Å². The number of nitrogen functional groups attached to an aromatic ring is 1. The first-order valence-electron chi connectivity index (χ1n) is 7.05. The summed E-state index contributed by atoms with van der Waals surface area (Å²) in [5.74, 6) is 0. The van der Waals surface area contributed by atoms with Gasteiger partial charge in [0.1, 0.15) is 0 Å². The van der Waals surface area contributed by atoms with Crippen molar-refractivity contribution < 1.29 is 0 Å². The Morgan fingerprint density at radius 3 is 2.89 bits per heavy atom. The van der Waals surface area contributed by atoms with E-state index >= 15 is 0 Å². The van der Waals surface area contributed by atoms with E-state index in [1.165, 1.54) is 43.5 Å². The number of nitrogens with zero attached hydrogens (tertiary/aromatic N) is 1. The molecule has 3 heteroatoms. The lowest BCUT2D eigenvalue weighted by Crippen LogP contribution is -2.32. The molecule has 1 aliphatic carbocycles. The monoisotopic (exact) mass is 245 g/mol. The van der Waals surface area contributed by atoms with Gasteiger partial charge in [0.25, 0.3) is 0 Å². The average Bonchev–Trinajstić information content (AvgIpc) is 3.11. The van der Waals surface area contributed by atoms with E-state index in [9.17, 15) is 0 Å². The molecule has 1 unspecified atom stereocenters. The maximum Gasteiger partial charge on any atom is 0.0346 e. The maximum absolute atomic E-state index is 5.94. The van der Waals surface area contributed by atoms with Gasteiger partial charge in [0.2, 0.25) is 0 Å². The highest BCUT2D eigenvalue weighted by molar-refractivity contribution is 5.48. The van der Waals surface area contributed by atoms with Crippen molar-refractivity contribution in [3.05, 3.63) is 29.3 Å². The fraction of sp³-hybridized carbons (Fsp3) is 0.600. The van der Waals surface area contributed by atoms with Crippen molar-refractivity contribution in [3.63, 3.8) is 0 Å². The molecule has 1 aromatic carbocycles. The number of anilines is 1. The molecule has 2 aliphatic rings. The van der Waals surface area contributed by atoms with Crippen LogP contribution in [0.2, 0.25) is 0 Å². The second kappa shape index (κ2) is 4.90. The van der Waals surface area contributed by atoms with Gasteiger partial charge in [-0.2, -0.15) is 0 Å². The third-order valence-electron chi connectivity index (χ3n) is 4.22. The Bertz CT molecular complexity index is 426. The molecule has 1 saturated carbocycles. The Kier molecular flexibility index (Phi) is 3.27. The Balaban J connectivity index is 1.50. The minimum absolute atomic E-state index is 0.660. The van der Waals surface area contributed by atoms with Crippen LogP contribution in [0.3, 0.4) is 0 Å². The summed E-state index contributed by atoms with van der Waals surface area (Å²) >= 11 is 0. The van der Waals surface area contributed by atoms with Crippen molar-refractivity contribution in [2.24, 2.45) is 0 Å². The largest absolute Gasteiger partial charge is 0.399 e. The zero-order valence-electron chi connectivity index (χ0n) is 11.2. The van der Waals surface area contributed by atoms with Gasteiger partial charge in [0.05, 0.1) is 0 Å².